The minimum Gasteiger partial charge on any atom is -0.385 e. The molecule has 0 saturated carbocycles. The van der Waals surface area contributed by atoms with E-state index in [1.165, 1.54) is 0 Å². The van der Waals surface area contributed by atoms with E-state index in [-0.39, 0.29) is 5.91 Å². The number of carbonyl (C=O) groups excluding carboxylic acids is 1. The number of rotatable bonds is 10. The Balaban J connectivity index is 2.25. The van der Waals surface area contributed by atoms with Gasteiger partial charge in [0, 0.05) is 37.6 Å². The van der Waals surface area contributed by atoms with Crippen LogP contribution in [0.25, 0.3) is 0 Å². The van der Waals surface area contributed by atoms with Crippen molar-refractivity contribution in [3.63, 3.8) is 0 Å². The average Bonchev–Trinajstić information content (AvgIpc) is 2.49. The molecule has 1 aromatic carbocycles. The van der Waals surface area contributed by atoms with E-state index in [4.69, 9.17) is 4.74 Å². The molecule has 1 aromatic rings. The van der Waals surface area contributed by atoms with Crippen molar-refractivity contribution in [3.8, 4) is 0 Å². The van der Waals surface area contributed by atoms with Crippen LogP contribution in [0.1, 0.15) is 43.5 Å². The van der Waals surface area contributed by atoms with Crippen LogP contribution in [-0.2, 0) is 4.74 Å². The van der Waals surface area contributed by atoms with Crippen molar-refractivity contribution in [2.75, 3.05) is 31.6 Å². The Labute approximate surface area is 121 Å². The molecular weight excluding hydrogens is 252 g/mol. The molecule has 4 heteroatoms. The highest BCUT2D eigenvalue weighted by Crippen LogP contribution is 2.09. The predicted molar refractivity (Wildman–Crippen MR) is 83.3 cm³/mol. The minimum atomic E-state index is -0.0254. The quantitative estimate of drug-likeness (QED) is 0.647. The molecule has 0 unspecified atom stereocenters. The Morgan fingerprint density at radius 2 is 1.80 bits per heavy atom. The van der Waals surface area contributed by atoms with Crippen molar-refractivity contribution in [3.05, 3.63) is 29.8 Å². The average molecular weight is 278 g/mol. The zero-order valence-electron chi connectivity index (χ0n) is 12.6. The Morgan fingerprint density at radius 3 is 2.45 bits per heavy atom. The number of amides is 1. The van der Waals surface area contributed by atoms with E-state index in [0.29, 0.717) is 18.7 Å². The van der Waals surface area contributed by atoms with E-state index in [1.54, 1.807) is 0 Å². The van der Waals surface area contributed by atoms with Gasteiger partial charge in [0.25, 0.3) is 5.91 Å². The Bertz CT molecular complexity index is 377. The summed E-state index contributed by atoms with van der Waals surface area (Å²) in [5, 5.41) is 6.18. The molecular formula is C16H26N2O2. The van der Waals surface area contributed by atoms with Gasteiger partial charge in [-0.2, -0.15) is 0 Å². The first-order valence-electron chi connectivity index (χ1n) is 7.47. The van der Waals surface area contributed by atoms with Gasteiger partial charge in [0.05, 0.1) is 0 Å². The Morgan fingerprint density at radius 1 is 1.05 bits per heavy atom. The topological polar surface area (TPSA) is 50.4 Å². The zero-order valence-corrected chi connectivity index (χ0v) is 12.6. The SMILES string of the molecule is CCCNc1ccc(C(=O)NCCCOCCC)cc1. The van der Waals surface area contributed by atoms with Gasteiger partial charge in [-0.05, 0) is 43.5 Å². The fraction of sp³-hybridized carbons (Fsp3) is 0.562. The summed E-state index contributed by atoms with van der Waals surface area (Å²) in [7, 11) is 0. The van der Waals surface area contributed by atoms with E-state index in [9.17, 15) is 4.79 Å². The van der Waals surface area contributed by atoms with E-state index in [0.717, 1.165) is 38.1 Å². The molecule has 0 saturated heterocycles. The molecule has 0 spiro atoms. The van der Waals surface area contributed by atoms with E-state index < -0.39 is 0 Å². The lowest BCUT2D eigenvalue weighted by atomic mass is 10.2. The van der Waals surface area contributed by atoms with Crippen LogP contribution in [-0.4, -0.2) is 32.2 Å². The maximum atomic E-state index is 11.9. The third kappa shape index (κ3) is 6.57. The lowest BCUT2D eigenvalue weighted by Crippen LogP contribution is -2.25. The summed E-state index contributed by atoms with van der Waals surface area (Å²) in [6.45, 7) is 7.30. The predicted octanol–water partition coefficient (Wildman–Crippen LogP) is 3.06. The third-order valence-corrected chi connectivity index (χ3v) is 2.83. The summed E-state index contributed by atoms with van der Waals surface area (Å²) in [6.07, 6.45) is 2.97. The standard InChI is InChI=1S/C16H26N2O2/c1-3-10-17-15-8-6-14(7-9-15)16(19)18-11-5-13-20-12-4-2/h6-9,17H,3-5,10-13H2,1-2H3,(H,18,19). The van der Waals surface area contributed by atoms with Crippen molar-refractivity contribution in [2.24, 2.45) is 0 Å². The summed E-state index contributed by atoms with van der Waals surface area (Å²) in [5.74, 6) is -0.0254. The number of carbonyl (C=O) groups is 1. The maximum absolute atomic E-state index is 11.9. The molecule has 0 atom stereocenters. The second-order valence-electron chi connectivity index (χ2n) is 4.73. The van der Waals surface area contributed by atoms with Gasteiger partial charge in [-0.3, -0.25) is 4.79 Å². The molecule has 0 aliphatic heterocycles. The van der Waals surface area contributed by atoms with Gasteiger partial charge in [0.1, 0.15) is 0 Å². The highest BCUT2D eigenvalue weighted by atomic mass is 16.5. The van der Waals surface area contributed by atoms with Crippen LogP contribution in [0.4, 0.5) is 5.69 Å². The van der Waals surface area contributed by atoms with Crippen LogP contribution < -0.4 is 10.6 Å². The molecule has 0 aromatic heterocycles. The first-order chi connectivity index (χ1) is 9.77. The maximum Gasteiger partial charge on any atom is 0.251 e. The fourth-order valence-electron chi connectivity index (χ4n) is 1.73. The van der Waals surface area contributed by atoms with Gasteiger partial charge in [0.15, 0.2) is 0 Å². The molecule has 112 valence electrons. The van der Waals surface area contributed by atoms with E-state index in [2.05, 4.69) is 24.5 Å². The van der Waals surface area contributed by atoms with Crippen LogP contribution in [0.3, 0.4) is 0 Å². The molecule has 20 heavy (non-hydrogen) atoms. The van der Waals surface area contributed by atoms with E-state index in [1.807, 2.05) is 24.3 Å². The number of nitrogens with one attached hydrogen (secondary N) is 2. The number of ether oxygens (including phenoxy) is 1. The second kappa shape index (κ2) is 10.3. The van der Waals surface area contributed by atoms with Gasteiger partial charge >= 0.3 is 0 Å². The molecule has 0 bridgehead atoms. The summed E-state index contributed by atoms with van der Waals surface area (Å²) in [4.78, 5) is 11.9. The molecule has 1 rings (SSSR count). The van der Waals surface area contributed by atoms with Crippen LogP contribution >= 0.6 is 0 Å². The van der Waals surface area contributed by atoms with Crippen molar-refractivity contribution in [1.82, 2.24) is 5.32 Å². The first kappa shape index (κ1) is 16.5. The number of anilines is 1. The van der Waals surface area contributed by atoms with Gasteiger partial charge in [-0.15, -0.1) is 0 Å². The van der Waals surface area contributed by atoms with Crippen LogP contribution in [0, 0.1) is 0 Å². The molecule has 0 fully saturated rings. The van der Waals surface area contributed by atoms with Crippen LogP contribution in [0.2, 0.25) is 0 Å². The van der Waals surface area contributed by atoms with Crippen LogP contribution in [0.15, 0.2) is 24.3 Å². The fourth-order valence-corrected chi connectivity index (χ4v) is 1.73. The lowest BCUT2D eigenvalue weighted by molar-refractivity contribution is 0.0941. The van der Waals surface area contributed by atoms with Gasteiger partial charge in [-0.1, -0.05) is 13.8 Å². The summed E-state index contributed by atoms with van der Waals surface area (Å²) < 4.78 is 5.36. The molecule has 0 heterocycles. The molecule has 0 radical (unpaired) electrons. The van der Waals surface area contributed by atoms with E-state index >= 15 is 0 Å². The van der Waals surface area contributed by atoms with Crippen molar-refractivity contribution in [1.29, 1.82) is 0 Å². The summed E-state index contributed by atoms with van der Waals surface area (Å²) in [5.41, 5.74) is 1.75. The molecule has 2 N–H and O–H groups in total. The van der Waals surface area contributed by atoms with Crippen molar-refractivity contribution in [2.45, 2.75) is 33.1 Å². The summed E-state index contributed by atoms with van der Waals surface area (Å²) in [6, 6.07) is 7.58. The van der Waals surface area contributed by atoms with Gasteiger partial charge in [-0.25, -0.2) is 0 Å². The highest BCUT2D eigenvalue weighted by Gasteiger charge is 2.04. The zero-order chi connectivity index (χ0) is 14.6. The Kier molecular flexibility index (Phi) is 8.47. The first-order valence-corrected chi connectivity index (χ1v) is 7.47. The van der Waals surface area contributed by atoms with Gasteiger partial charge in [0.2, 0.25) is 0 Å². The lowest BCUT2D eigenvalue weighted by Gasteiger charge is -2.07. The highest BCUT2D eigenvalue weighted by molar-refractivity contribution is 5.94. The monoisotopic (exact) mass is 278 g/mol. The number of hydrogen-bond acceptors (Lipinski definition) is 3. The normalized spacial score (nSPS) is 10.3. The van der Waals surface area contributed by atoms with Crippen molar-refractivity contribution < 1.29 is 9.53 Å². The third-order valence-electron chi connectivity index (χ3n) is 2.83. The second-order valence-corrected chi connectivity index (χ2v) is 4.73. The van der Waals surface area contributed by atoms with Gasteiger partial charge < -0.3 is 15.4 Å². The largest absolute Gasteiger partial charge is 0.385 e. The van der Waals surface area contributed by atoms with Crippen molar-refractivity contribution >= 4 is 11.6 Å². The molecule has 0 aliphatic carbocycles. The molecule has 1 amide bonds. The smallest absolute Gasteiger partial charge is 0.251 e. The number of benzene rings is 1. The molecule has 4 nitrogen and oxygen atoms in total. The van der Waals surface area contributed by atoms with Crippen LogP contribution in [0.5, 0.6) is 0 Å². The summed E-state index contributed by atoms with van der Waals surface area (Å²) >= 11 is 0. The number of hydrogen-bond donors (Lipinski definition) is 2. The Hall–Kier alpha value is -1.55. The molecule has 0 aliphatic rings. The minimum absolute atomic E-state index is 0.0254.